The molecule has 0 saturated carbocycles. The minimum absolute atomic E-state index is 0.0925. The van der Waals surface area contributed by atoms with Crippen LogP contribution in [0.3, 0.4) is 0 Å². The molecule has 11 heteroatoms. The van der Waals surface area contributed by atoms with Crippen molar-refractivity contribution in [2.75, 3.05) is 56.8 Å². The average molecular weight is 591 g/mol. The first-order valence-corrected chi connectivity index (χ1v) is 13.5. The number of nitrogens with zero attached hydrogens (tertiary/aromatic N) is 3. The van der Waals surface area contributed by atoms with Crippen LogP contribution < -0.4 is 19.3 Å². The fourth-order valence-electron chi connectivity index (χ4n) is 3.75. The highest BCUT2D eigenvalue weighted by atomic mass is 35.5. The summed E-state index contributed by atoms with van der Waals surface area (Å²) in [5, 5.41) is 9.73. The van der Waals surface area contributed by atoms with Crippen molar-refractivity contribution in [3.63, 3.8) is 0 Å². The minimum atomic E-state index is -0.914. The van der Waals surface area contributed by atoms with E-state index >= 15 is 0 Å². The summed E-state index contributed by atoms with van der Waals surface area (Å²) in [7, 11) is 3.85. The van der Waals surface area contributed by atoms with Gasteiger partial charge >= 0.3 is 11.9 Å². The molecule has 0 amide bonds. The lowest BCUT2D eigenvalue weighted by Gasteiger charge is -2.23. The quantitative estimate of drug-likeness (QED) is 0.241. The molecule has 0 aliphatic rings. The maximum absolute atomic E-state index is 11.7. The average Bonchev–Trinajstić information content (AvgIpc) is 2.91. The SMILES string of the molecule is CCOC(=O)Cc1ccc(OCCN(C)c2cccc(N(C)CCOc3ccc(CC(=O)O)cc3Cl)n2)c(Cl)c1. The van der Waals surface area contributed by atoms with Gasteiger partial charge < -0.3 is 29.1 Å². The van der Waals surface area contributed by atoms with Crippen molar-refractivity contribution >= 4 is 46.8 Å². The highest BCUT2D eigenvalue weighted by Crippen LogP contribution is 2.27. The largest absolute Gasteiger partial charge is 0.490 e. The Labute approximate surface area is 244 Å². The molecule has 40 heavy (non-hydrogen) atoms. The van der Waals surface area contributed by atoms with Crippen LogP contribution in [0.15, 0.2) is 54.6 Å². The van der Waals surface area contributed by atoms with Crippen LogP contribution in [-0.4, -0.2) is 69.0 Å². The van der Waals surface area contributed by atoms with Gasteiger partial charge in [-0.05, 0) is 54.4 Å². The van der Waals surface area contributed by atoms with E-state index in [1.807, 2.05) is 42.1 Å². The monoisotopic (exact) mass is 589 g/mol. The van der Waals surface area contributed by atoms with E-state index in [-0.39, 0.29) is 18.8 Å². The Morgan fingerprint density at radius 3 is 1.77 bits per heavy atom. The lowest BCUT2D eigenvalue weighted by molar-refractivity contribution is -0.142. The Hall–Kier alpha value is -3.69. The van der Waals surface area contributed by atoms with E-state index in [4.69, 9.17) is 47.5 Å². The summed E-state index contributed by atoms with van der Waals surface area (Å²) >= 11 is 12.6. The number of pyridine rings is 1. The van der Waals surface area contributed by atoms with Gasteiger partial charge in [-0.15, -0.1) is 0 Å². The van der Waals surface area contributed by atoms with E-state index in [0.717, 1.165) is 17.2 Å². The van der Waals surface area contributed by atoms with Crippen molar-refractivity contribution in [3.05, 3.63) is 75.8 Å². The lowest BCUT2D eigenvalue weighted by atomic mass is 10.1. The predicted molar refractivity (Wildman–Crippen MR) is 156 cm³/mol. The molecule has 0 saturated heterocycles. The first kappa shape index (κ1) is 30.8. The molecule has 0 aliphatic heterocycles. The molecule has 2 aromatic carbocycles. The van der Waals surface area contributed by atoms with Gasteiger partial charge in [0.25, 0.3) is 0 Å². The van der Waals surface area contributed by atoms with Gasteiger partial charge in [-0.2, -0.15) is 0 Å². The number of carbonyl (C=O) groups is 2. The fourth-order valence-corrected chi connectivity index (χ4v) is 4.26. The zero-order valence-corrected chi connectivity index (χ0v) is 24.2. The number of hydrogen-bond acceptors (Lipinski definition) is 8. The van der Waals surface area contributed by atoms with Crippen molar-refractivity contribution in [1.29, 1.82) is 0 Å². The number of rotatable bonds is 15. The number of aliphatic carboxylic acids is 1. The van der Waals surface area contributed by atoms with Gasteiger partial charge in [-0.25, -0.2) is 4.98 Å². The van der Waals surface area contributed by atoms with Gasteiger partial charge in [-0.1, -0.05) is 41.4 Å². The molecule has 1 N–H and O–H groups in total. The van der Waals surface area contributed by atoms with Gasteiger partial charge in [-0.3, -0.25) is 9.59 Å². The highest BCUT2D eigenvalue weighted by molar-refractivity contribution is 6.32. The first-order chi connectivity index (χ1) is 19.2. The van der Waals surface area contributed by atoms with Crippen LogP contribution in [0.1, 0.15) is 18.1 Å². The number of esters is 1. The molecule has 9 nitrogen and oxygen atoms in total. The number of anilines is 2. The molecule has 0 spiro atoms. The van der Waals surface area contributed by atoms with Crippen LogP contribution in [0.4, 0.5) is 11.6 Å². The second kappa shape index (κ2) is 15.2. The third-order valence-electron chi connectivity index (χ3n) is 5.87. The molecule has 0 atom stereocenters. The second-order valence-corrected chi connectivity index (χ2v) is 9.79. The smallest absolute Gasteiger partial charge is 0.310 e. The molecule has 214 valence electrons. The van der Waals surface area contributed by atoms with Crippen molar-refractivity contribution in [2.45, 2.75) is 19.8 Å². The Morgan fingerprint density at radius 2 is 1.32 bits per heavy atom. The van der Waals surface area contributed by atoms with E-state index in [1.165, 1.54) is 0 Å². The number of hydrogen-bond donors (Lipinski definition) is 1. The standard InChI is InChI=1S/C29H33Cl2N3O6/c1-4-38-29(37)19-21-9-11-25(23(31)17-21)40-15-13-34(3)27-7-5-6-26(32-27)33(2)12-14-39-24-10-8-20(16-22(24)30)18-28(35)36/h5-11,16-17H,4,12-15,18-19H2,1-3H3,(H,35,36). The van der Waals surface area contributed by atoms with E-state index in [9.17, 15) is 9.59 Å². The van der Waals surface area contributed by atoms with E-state index < -0.39 is 5.97 Å². The third kappa shape index (κ3) is 9.50. The highest BCUT2D eigenvalue weighted by Gasteiger charge is 2.11. The molecule has 1 heterocycles. The van der Waals surface area contributed by atoms with Crippen LogP contribution >= 0.6 is 23.2 Å². The number of carbonyl (C=O) groups excluding carboxylic acids is 1. The van der Waals surface area contributed by atoms with E-state index in [2.05, 4.69) is 0 Å². The van der Waals surface area contributed by atoms with Crippen LogP contribution in [0.25, 0.3) is 0 Å². The Morgan fingerprint density at radius 1 is 0.825 bits per heavy atom. The predicted octanol–water partition coefficient (Wildman–Crippen LogP) is 5.15. The summed E-state index contributed by atoms with van der Waals surface area (Å²) in [6, 6.07) is 16.0. The van der Waals surface area contributed by atoms with E-state index in [0.29, 0.717) is 60.0 Å². The van der Waals surface area contributed by atoms with Crippen molar-refractivity contribution in [1.82, 2.24) is 4.98 Å². The number of benzene rings is 2. The van der Waals surface area contributed by atoms with Gasteiger partial charge in [0, 0.05) is 14.1 Å². The summed E-state index contributed by atoms with van der Waals surface area (Å²) in [4.78, 5) is 31.2. The summed E-state index contributed by atoms with van der Waals surface area (Å²) < 4.78 is 16.6. The summed E-state index contributed by atoms with van der Waals surface area (Å²) in [5.41, 5.74) is 1.38. The molecule has 3 rings (SSSR count). The molecule has 0 aliphatic carbocycles. The zero-order chi connectivity index (χ0) is 29.1. The number of carboxylic acid groups (broad SMARTS) is 1. The maximum Gasteiger partial charge on any atom is 0.310 e. The molecule has 0 bridgehead atoms. The lowest BCUT2D eigenvalue weighted by Crippen LogP contribution is -2.27. The van der Waals surface area contributed by atoms with Crippen LogP contribution in [0, 0.1) is 0 Å². The molecule has 0 unspecified atom stereocenters. The zero-order valence-electron chi connectivity index (χ0n) is 22.7. The number of carboxylic acids is 1. The summed E-state index contributed by atoms with van der Waals surface area (Å²) in [6.45, 7) is 3.98. The number of halogens is 2. The van der Waals surface area contributed by atoms with E-state index in [1.54, 1.807) is 43.3 Å². The number of aromatic nitrogens is 1. The normalized spacial score (nSPS) is 10.6. The Balaban J connectivity index is 1.48. The topological polar surface area (TPSA) is 101 Å². The Kier molecular flexibility index (Phi) is 11.7. The van der Waals surface area contributed by atoms with Gasteiger partial charge in [0.15, 0.2) is 0 Å². The van der Waals surface area contributed by atoms with Crippen LogP contribution in [-0.2, 0) is 27.2 Å². The molecule has 0 radical (unpaired) electrons. The molecule has 3 aromatic rings. The maximum atomic E-state index is 11.7. The fraction of sp³-hybridized carbons (Fsp3) is 0.345. The molecule has 1 aromatic heterocycles. The third-order valence-corrected chi connectivity index (χ3v) is 6.46. The van der Waals surface area contributed by atoms with Crippen LogP contribution in [0.2, 0.25) is 10.0 Å². The molecular weight excluding hydrogens is 557 g/mol. The second-order valence-electron chi connectivity index (χ2n) is 8.98. The van der Waals surface area contributed by atoms with Gasteiger partial charge in [0.05, 0.1) is 42.6 Å². The number of ether oxygens (including phenoxy) is 3. The van der Waals surface area contributed by atoms with Crippen molar-refractivity contribution in [2.24, 2.45) is 0 Å². The minimum Gasteiger partial charge on any atom is -0.490 e. The first-order valence-electron chi connectivity index (χ1n) is 12.8. The van der Waals surface area contributed by atoms with Crippen molar-refractivity contribution in [3.8, 4) is 11.5 Å². The summed E-state index contributed by atoms with van der Waals surface area (Å²) in [6.07, 6.45) is 0.0688. The van der Waals surface area contributed by atoms with Crippen LogP contribution in [0.5, 0.6) is 11.5 Å². The number of likely N-dealkylation sites (N-methyl/N-ethyl adjacent to an activating group) is 2. The van der Waals surface area contributed by atoms with Gasteiger partial charge in [0.2, 0.25) is 0 Å². The molecule has 0 fully saturated rings. The van der Waals surface area contributed by atoms with Gasteiger partial charge in [0.1, 0.15) is 36.3 Å². The van der Waals surface area contributed by atoms with Crippen molar-refractivity contribution < 1.29 is 28.9 Å². The molecular formula is C29H33Cl2N3O6. The summed E-state index contributed by atoms with van der Waals surface area (Å²) in [5.74, 6) is 1.39. The Bertz CT molecular complexity index is 1310.